The Morgan fingerprint density at radius 3 is 2.59 bits per heavy atom. The topological polar surface area (TPSA) is 57.7 Å². The molecule has 0 unspecified atom stereocenters. The number of rotatable bonds is 3. The molecule has 2 heterocycles. The average Bonchev–Trinajstić information content (AvgIpc) is 2.82. The van der Waals surface area contributed by atoms with Crippen LogP contribution < -0.4 is 4.90 Å². The summed E-state index contributed by atoms with van der Waals surface area (Å²) in [6, 6.07) is 6.13. The molecule has 1 aromatic carbocycles. The summed E-state index contributed by atoms with van der Waals surface area (Å²) in [5.74, 6) is -0.336. The Kier molecular flexibility index (Phi) is 3.96. The van der Waals surface area contributed by atoms with E-state index in [1.165, 1.54) is 16.0 Å². The summed E-state index contributed by atoms with van der Waals surface area (Å²) in [5.41, 5.74) is 3.37. The third-order valence-electron chi connectivity index (χ3n) is 4.36. The molecule has 3 rings (SSSR count). The van der Waals surface area contributed by atoms with Gasteiger partial charge >= 0.3 is 0 Å². The van der Waals surface area contributed by atoms with Crippen LogP contribution in [0.25, 0.3) is 0 Å². The number of amides is 3. The predicted molar refractivity (Wildman–Crippen MR) is 82.4 cm³/mol. The Hall–Kier alpha value is -2.17. The number of aryl methyl sites for hydroxylation is 2. The fourth-order valence-electron chi connectivity index (χ4n) is 3.20. The summed E-state index contributed by atoms with van der Waals surface area (Å²) in [5, 5.41) is 0. The molecule has 1 aromatic rings. The summed E-state index contributed by atoms with van der Waals surface area (Å²) < 4.78 is 0. The number of carbonyl (C=O) groups is 3. The number of imide groups is 1. The first-order valence-electron chi connectivity index (χ1n) is 7.79. The van der Waals surface area contributed by atoms with Crippen LogP contribution in [-0.2, 0) is 20.8 Å². The fraction of sp³-hybridized carbons (Fsp3) is 0.471. The first-order valence-corrected chi connectivity index (χ1v) is 7.79. The zero-order valence-corrected chi connectivity index (χ0v) is 12.8. The van der Waals surface area contributed by atoms with Crippen molar-refractivity contribution >= 4 is 23.4 Å². The molecule has 1 saturated heterocycles. The maximum absolute atomic E-state index is 12.5. The van der Waals surface area contributed by atoms with Gasteiger partial charge in [-0.2, -0.15) is 0 Å². The Morgan fingerprint density at radius 2 is 1.86 bits per heavy atom. The molecule has 0 aromatic heterocycles. The highest BCUT2D eigenvalue weighted by Crippen LogP contribution is 2.28. The summed E-state index contributed by atoms with van der Waals surface area (Å²) >= 11 is 0. The normalized spacial score (nSPS) is 17.9. The molecule has 0 bridgehead atoms. The third-order valence-corrected chi connectivity index (χ3v) is 4.36. The van der Waals surface area contributed by atoms with Crippen molar-refractivity contribution in [1.29, 1.82) is 0 Å². The Morgan fingerprint density at radius 1 is 1.14 bits per heavy atom. The number of hydrogen-bond acceptors (Lipinski definition) is 3. The number of fused-ring (bicyclic) bond motifs is 1. The number of benzene rings is 1. The zero-order valence-electron chi connectivity index (χ0n) is 12.8. The lowest BCUT2D eigenvalue weighted by atomic mass is 9.99. The van der Waals surface area contributed by atoms with Gasteiger partial charge in [-0.1, -0.05) is 17.7 Å². The number of nitrogens with zero attached hydrogens (tertiary/aromatic N) is 2. The Balaban J connectivity index is 1.69. The van der Waals surface area contributed by atoms with Crippen molar-refractivity contribution in [3.8, 4) is 0 Å². The number of anilines is 1. The van der Waals surface area contributed by atoms with Crippen molar-refractivity contribution in [1.82, 2.24) is 4.90 Å². The van der Waals surface area contributed by atoms with Gasteiger partial charge in [-0.05, 0) is 31.4 Å². The van der Waals surface area contributed by atoms with Gasteiger partial charge in [-0.25, -0.2) is 0 Å². The second-order valence-electron chi connectivity index (χ2n) is 5.97. The van der Waals surface area contributed by atoms with Crippen LogP contribution in [0.15, 0.2) is 18.2 Å². The van der Waals surface area contributed by atoms with Gasteiger partial charge in [0.05, 0.1) is 0 Å². The Labute approximate surface area is 129 Å². The highest BCUT2D eigenvalue weighted by Gasteiger charge is 2.30. The minimum absolute atomic E-state index is 0.0164. The van der Waals surface area contributed by atoms with E-state index < -0.39 is 0 Å². The van der Waals surface area contributed by atoms with Gasteiger partial charge in [0.15, 0.2) is 0 Å². The first-order chi connectivity index (χ1) is 10.6. The lowest BCUT2D eigenvalue weighted by Gasteiger charge is -2.30. The molecule has 1 fully saturated rings. The van der Waals surface area contributed by atoms with E-state index in [2.05, 4.69) is 6.07 Å². The lowest BCUT2D eigenvalue weighted by Crippen LogP contribution is -2.39. The summed E-state index contributed by atoms with van der Waals surface area (Å²) in [6.45, 7) is 2.95. The fourth-order valence-corrected chi connectivity index (χ4v) is 3.20. The Bertz CT molecular complexity index is 623. The quantitative estimate of drug-likeness (QED) is 0.800. The molecular formula is C17H20N2O3. The monoisotopic (exact) mass is 300 g/mol. The second-order valence-corrected chi connectivity index (χ2v) is 5.97. The molecule has 22 heavy (non-hydrogen) atoms. The van der Waals surface area contributed by atoms with Crippen LogP contribution in [0.5, 0.6) is 0 Å². The average molecular weight is 300 g/mol. The highest BCUT2D eigenvalue weighted by molar-refractivity contribution is 6.02. The summed E-state index contributed by atoms with van der Waals surface area (Å²) in [4.78, 5) is 38.7. The standard InChI is InChI=1S/C17H20N2O3/c1-12-4-5-14-13(11-12)3-2-9-18(14)17(22)8-10-19-15(20)6-7-16(19)21/h4-5,11H,2-3,6-10H2,1H3. The smallest absolute Gasteiger partial charge is 0.229 e. The highest BCUT2D eigenvalue weighted by atomic mass is 16.2. The van der Waals surface area contributed by atoms with Crippen molar-refractivity contribution in [2.75, 3.05) is 18.0 Å². The first kappa shape index (κ1) is 14.8. The molecule has 2 aliphatic rings. The molecule has 5 nitrogen and oxygen atoms in total. The van der Waals surface area contributed by atoms with Gasteiger partial charge in [-0.15, -0.1) is 0 Å². The van der Waals surface area contributed by atoms with Crippen molar-refractivity contribution in [2.24, 2.45) is 0 Å². The number of likely N-dealkylation sites (tertiary alicyclic amines) is 1. The van der Waals surface area contributed by atoms with E-state index in [9.17, 15) is 14.4 Å². The molecule has 2 aliphatic heterocycles. The minimum atomic E-state index is -0.160. The van der Waals surface area contributed by atoms with Gasteiger partial charge < -0.3 is 4.90 Å². The van der Waals surface area contributed by atoms with E-state index in [0.29, 0.717) is 6.54 Å². The van der Waals surface area contributed by atoms with E-state index in [0.717, 1.165) is 18.5 Å². The lowest BCUT2D eigenvalue weighted by molar-refractivity contribution is -0.138. The van der Waals surface area contributed by atoms with Crippen LogP contribution in [0, 0.1) is 6.92 Å². The van der Waals surface area contributed by atoms with Gasteiger partial charge in [0, 0.05) is 38.0 Å². The minimum Gasteiger partial charge on any atom is -0.312 e. The van der Waals surface area contributed by atoms with Crippen molar-refractivity contribution < 1.29 is 14.4 Å². The molecule has 0 saturated carbocycles. The zero-order chi connectivity index (χ0) is 15.7. The maximum Gasteiger partial charge on any atom is 0.229 e. The van der Waals surface area contributed by atoms with Crippen LogP contribution in [-0.4, -0.2) is 35.7 Å². The molecule has 5 heteroatoms. The van der Waals surface area contributed by atoms with Gasteiger partial charge in [0.2, 0.25) is 17.7 Å². The predicted octanol–water partition coefficient (Wildman–Crippen LogP) is 1.81. The van der Waals surface area contributed by atoms with Crippen LogP contribution in [0.4, 0.5) is 5.69 Å². The second kappa shape index (κ2) is 5.91. The van der Waals surface area contributed by atoms with E-state index in [4.69, 9.17) is 0 Å². The molecule has 0 aliphatic carbocycles. The summed E-state index contributed by atoms with van der Waals surface area (Å²) in [7, 11) is 0. The van der Waals surface area contributed by atoms with E-state index >= 15 is 0 Å². The van der Waals surface area contributed by atoms with Crippen molar-refractivity contribution in [2.45, 2.75) is 39.0 Å². The van der Waals surface area contributed by atoms with E-state index in [1.807, 2.05) is 19.1 Å². The molecule has 0 spiro atoms. The van der Waals surface area contributed by atoms with E-state index in [1.54, 1.807) is 4.90 Å². The van der Waals surface area contributed by atoms with Crippen LogP contribution in [0.2, 0.25) is 0 Å². The van der Waals surface area contributed by atoms with Crippen molar-refractivity contribution in [3.05, 3.63) is 29.3 Å². The van der Waals surface area contributed by atoms with Crippen LogP contribution in [0.1, 0.15) is 36.8 Å². The molecule has 3 amide bonds. The summed E-state index contributed by atoms with van der Waals surface area (Å²) in [6.07, 6.45) is 2.69. The molecule has 0 N–H and O–H groups in total. The van der Waals surface area contributed by atoms with Crippen molar-refractivity contribution in [3.63, 3.8) is 0 Å². The number of hydrogen-bond donors (Lipinski definition) is 0. The van der Waals surface area contributed by atoms with Crippen LogP contribution >= 0.6 is 0 Å². The largest absolute Gasteiger partial charge is 0.312 e. The van der Waals surface area contributed by atoms with Gasteiger partial charge in [0.25, 0.3) is 0 Å². The molecular weight excluding hydrogens is 280 g/mol. The maximum atomic E-state index is 12.5. The van der Waals surface area contributed by atoms with E-state index in [-0.39, 0.29) is 43.5 Å². The third kappa shape index (κ3) is 2.75. The molecule has 0 radical (unpaired) electrons. The number of carbonyl (C=O) groups excluding carboxylic acids is 3. The van der Waals surface area contributed by atoms with Gasteiger partial charge in [-0.3, -0.25) is 19.3 Å². The molecule has 0 atom stereocenters. The van der Waals surface area contributed by atoms with Gasteiger partial charge in [0.1, 0.15) is 0 Å². The van der Waals surface area contributed by atoms with Crippen LogP contribution in [0.3, 0.4) is 0 Å². The SMILES string of the molecule is Cc1ccc2c(c1)CCCN2C(=O)CCN1C(=O)CCC1=O. The molecule has 116 valence electrons.